The van der Waals surface area contributed by atoms with Gasteiger partial charge in [-0.15, -0.1) is 0 Å². The largest absolute Gasteiger partial charge is 0.370 e. The van der Waals surface area contributed by atoms with Gasteiger partial charge in [-0.05, 0) is 37.3 Å². The van der Waals surface area contributed by atoms with Crippen LogP contribution in [-0.2, 0) is 6.42 Å². The summed E-state index contributed by atoms with van der Waals surface area (Å²) in [7, 11) is 0. The van der Waals surface area contributed by atoms with Crippen LogP contribution in [0, 0.1) is 18.7 Å². The second kappa shape index (κ2) is 9.11. The number of rotatable bonds is 8. The number of benzene rings is 1. The van der Waals surface area contributed by atoms with Crippen LogP contribution in [0.5, 0.6) is 0 Å². The smallest absolute Gasteiger partial charge is 0.270 e. The van der Waals surface area contributed by atoms with E-state index in [0.717, 1.165) is 6.42 Å². The average Bonchev–Trinajstić information content (AvgIpc) is 2.55. The summed E-state index contributed by atoms with van der Waals surface area (Å²) >= 11 is 0. The molecule has 0 saturated carbocycles. The summed E-state index contributed by atoms with van der Waals surface area (Å²) in [6.07, 6.45) is 1.45. The maximum atomic E-state index is 13.6. The molecule has 0 spiro atoms. The van der Waals surface area contributed by atoms with E-state index in [9.17, 15) is 9.18 Å². The molecule has 0 aliphatic heterocycles. The first-order valence-corrected chi connectivity index (χ1v) is 8.57. The predicted molar refractivity (Wildman–Crippen MR) is 97.2 cm³/mol. The van der Waals surface area contributed by atoms with E-state index in [4.69, 9.17) is 0 Å². The highest BCUT2D eigenvalue weighted by molar-refractivity contribution is 5.92. The van der Waals surface area contributed by atoms with E-state index in [1.165, 1.54) is 6.07 Å². The lowest BCUT2D eigenvalue weighted by atomic mass is 10.1. The monoisotopic (exact) mass is 344 g/mol. The molecule has 2 aromatic rings. The van der Waals surface area contributed by atoms with Crippen LogP contribution in [0.2, 0.25) is 0 Å². The second-order valence-electron chi connectivity index (χ2n) is 6.39. The molecule has 5 nitrogen and oxygen atoms in total. The summed E-state index contributed by atoms with van der Waals surface area (Å²) in [5.74, 6) is 1.20. The molecule has 2 rings (SSSR count). The van der Waals surface area contributed by atoms with Crippen molar-refractivity contribution >= 4 is 11.7 Å². The van der Waals surface area contributed by atoms with Gasteiger partial charge < -0.3 is 10.6 Å². The Balaban J connectivity index is 1.94. The maximum absolute atomic E-state index is 13.6. The molecular formula is C19H25FN4O. The van der Waals surface area contributed by atoms with Crippen LogP contribution in [0.25, 0.3) is 0 Å². The molecule has 0 fully saturated rings. The zero-order valence-electron chi connectivity index (χ0n) is 15.0. The van der Waals surface area contributed by atoms with E-state index in [1.807, 2.05) is 6.07 Å². The molecule has 0 atom stereocenters. The number of aryl methyl sites for hydroxylation is 1. The van der Waals surface area contributed by atoms with E-state index in [2.05, 4.69) is 34.4 Å². The van der Waals surface area contributed by atoms with Gasteiger partial charge in [-0.1, -0.05) is 32.0 Å². The first-order chi connectivity index (χ1) is 12.0. The summed E-state index contributed by atoms with van der Waals surface area (Å²) < 4.78 is 13.6. The predicted octanol–water partition coefficient (Wildman–Crippen LogP) is 3.35. The Morgan fingerprint density at radius 3 is 2.68 bits per heavy atom. The van der Waals surface area contributed by atoms with Gasteiger partial charge in [-0.25, -0.2) is 14.4 Å². The molecule has 0 saturated heterocycles. The van der Waals surface area contributed by atoms with Crippen LogP contribution >= 0.6 is 0 Å². The molecule has 0 aliphatic carbocycles. The fraction of sp³-hybridized carbons (Fsp3) is 0.421. The number of halogens is 1. The highest BCUT2D eigenvalue weighted by Crippen LogP contribution is 2.10. The Morgan fingerprint density at radius 1 is 1.20 bits per heavy atom. The van der Waals surface area contributed by atoms with Crippen LogP contribution in [-0.4, -0.2) is 29.0 Å². The van der Waals surface area contributed by atoms with E-state index in [1.54, 1.807) is 25.1 Å². The van der Waals surface area contributed by atoms with Crippen LogP contribution in [0.3, 0.4) is 0 Å². The van der Waals surface area contributed by atoms with Gasteiger partial charge in [0.05, 0.1) is 0 Å². The van der Waals surface area contributed by atoms with Gasteiger partial charge >= 0.3 is 0 Å². The maximum Gasteiger partial charge on any atom is 0.270 e. The number of hydrogen-bond donors (Lipinski definition) is 2. The molecule has 1 heterocycles. The van der Waals surface area contributed by atoms with Gasteiger partial charge in [0, 0.05) is 19.2 Å². The van der Waals surface area contributed by atoms with Gasteiger partial charge in [-0.3, -0.25) is 4.79 Å². The summed E-state index contributed by atoms with van der Waals surface area (Å²) in [6, 6.07) is 8.32. The Hall–Kier alpha value is -2.50. The number of carbonyl (C=O) groups is 1. The summed E-state index contributed by atoms with van der Waals surface area (Å²) in [5.41, 5.74) is 0.983. The third kappa shape index (κ3) is 6.14. The normalized spacial score (nSPS) is 10.8. The number of anilines is 1. The van der Waals surface area contributed by atoms with Gasteiger partial charge in [0.15, 0.2) is 0 Å². The molecular weight excluding hydrogens is 319 g/mol. The second-order valence-corrected chi connectivity index (χ2v) is 6.39. The van der Waals surface area contributed by atoms with Gasteiger partial charge in [0.1, 0.15) is 23.2 Å². The molecule has 0 radical (unpaired) electrons. The Bertz CT molecular complexity index is 718. The van der Waals surface area contributed by atoms with Crippen molar-refractivity contribution in [1.29, 1.82) is 0 Å². The van der Waals surface area contributed by atoms with Crippen molar-refractivity contribution in [1.82, 2.24) is 15.3 Å². The van der Waals surface area contributed by atoms with Crippen molar-refractivity contribution in [2.24, 2.45) is 5.92 Å². The molecule has 0 unspecified atom stereocenters. The van der Waals surface area contributed by atoms with Crippen molar-refractivity contribution in [3.63, 3.8) is 0 Å². The highest BCUT2D eigenvalue weighted by Gasteiger charge is 2.10. The number of nitrogens with one attached hydrogen (secondary N) is 2. The van der Waals surface area contributed by atoms with Crippen LogP contribution in [0.4, 0.5) is 10.2 Å². The van der Waals surface area contributed by atoms with Gasteiger partial charge in [0.25, 0.3) is 5.91 Å². The lowest BCUT2D eigenvalue weighted by Gasteiger charge is -2.10. The molecule has 2 N–H and O–H groups in total. The Kier molecular flexibility index (Phi) is 6.86. The van der Waals surface area contributed by atoms with Crippen LogP contribution < -0.4 is 10.6 Å². The Labute approximate surface area is 148 Å². The molecule has 1 aromatic carbocycles. The number of carbonyl (C=O) groups excluding carboxylic acids is 1. The van der Waals surface area contributed by atoms with Gasteiger partial charge in [-0.2, -0.15) is 0 Å². The van der Waals surface area contributed by atoms with Crippen molar-refractivity contribution in [3.05, 3.63) is 53.2 Å². The van der Waals surface area contributed by atoms with Crippen molar-refractivity contribution in [2.45, 2.75) is 33.6 Å². The molecule has 134 valence electrons. The number of hydrogen-bond acceptors (Lipinski definition) is 4. The topological polar surface area (TPSA) is 66.9 Å². The molecule has 6 heteroatoms. The molecule has 1 aromatic heterocycles. The van der Waals surface area contributed by atoms with Crippen LogP contribution in [0.1, 0.15) is 42.1 Å². The first kappa shape index (κ1) is 18.8. The lowest BCUT2D eigenvalue weighted by Crippen LogP contribution is -2.26. The minimum absolute atomic E-state index is 0.205. The summed E-state index contributed by atoms with van der Waals surface area (Å²) in [6.45, 7) is 7.10. The summed E-state index contributed by atoms with van der Waals surface area (Å²) in [5, 5.41) is 6.00. The zero-order valence-corrected chi connectivity index (χ0v) is 15.0. The standard InChI is InChI=1S/C19H25FN4O/c1-13(2)8-10-22-19(25)17-12-18(24-14(3)23-17)21-11-9-15-6-4-5-7-16(15)20/h4-7,12-13H,8-11H2,1-3H3,(H,22,25)(H,21,23,24). The van der Waals surface area contributed by atoms with Gasteiger partial charge in [0.2, 0.25) is 0 Å². The fourth-order valence-corrected chi connectivity index (χ4v) is 2.37. The van der Waals surface area contributed by atoms with E-state index in [-0.39, 0.29) is 11.7 Å². The molecule has 0 bridgehead atoms. The number of amides is 1. The summed E-state index contributed by atoms with van der Waals surface area (Å²) in [4.78, 5) is 20.7. The van der Waals surface area contributed by atoms with Crippen molar-refractivity contribution in [3.8, 4) is 0 Å². The highest BCUT2D eigenvalue weighted by atomic mass is 19.1. The minimum Gasteiger partial charge on any atom is -0.370 e. The quantitative estimate of drug-likeness (QED) is 0.771. The SMILES string of the molecule is Cc1nc(NCCc2ccccc2F)cc(C(=O)NCCC(C)C)n1. The third-order valence-corrected chi connectivity index (χ3v) is 3.74. The Morgan fingerprint density at radius 2 is 1.96 bits per heavy atom. The van der Waals surface area contributed by atoms with E-state index < -0.39 is 0 Å². The van der Waals surface area contributed by atoms with E-state index in [0.29, 0.717) is 48.3 Å². The zero-order chi connectivity index (χ0) is 18.2. The van der Waals surface area contributed by atoms with Crippen LogP contribution in [0.15, 0.2) is 30.3 Å². The first-order valence-electron chi connectivity index (χ1n) is 8.57. The third-order valence-electron chi connectivity index (χ3n) is 3.74. The molecule has 25 heavy (non-hydrogen) atoms. The van der Waals surface area contributed by atoms with Crippen molar-refractivity contribution in [2.75, 3.05) is 18.4 Å². The minimum atomic E-state index is -0.214. The molecule has 1 amide bonds. The average molecular weight is 344 g/mol. The lowest BCUT2D eigenvalue weighted by molar-refractivity contribution is 0.0946. The van der Waals surface area contributed by atoms with E-state index >= 15 is 0 Å². The number of aromatic nitrogens is 2. The number of nitrogens with zero attached hydrogens (tertiary/aromatic N) is 2. The fourth-order valence-electron chi connectivity index (χ4n) is 2.37. The molecule has 0 aliphatic rings. The van der Waals surface area contributed by atoms with Crippen molar-refractivity contribution < 1.29 is 9.18 Å².